The number of likely N-dealkylation sites (N-methyl/N-ethyl adjacent to an activating group) is 1. The minimum atomic E-state index is -0.639. The summed E-state index contributed by atoms with van der Waals surface area (Å²) in [4.78, 5) is 13.6. The number of ether oxygens (including phenoxy) is 1. The second-order valence-electron chi connectivity index (χ2n) is 5.48. The normalized spacial score (nSPS) is 12.2. The van der Waals surface area contributed by atoms with Crippen molar-refractivity contribution in [2.75, 3.05) is 27.3 Å². The van der Waals surface area contributed by atoms with Gasteiger partial charge in [-0.15, -0.1) is 0 Å². The second-order valence-corrected chi connectivity index (χ2v) is 5.48. The largest absolute Gasteiger partial charge is 0.389 e. The van der Waals surface area contributed by atoms with Gasteiger partial charge in [-0.05, 0) is 24.0 Å². The summed E-state index contributed by atoms with van der Waals surface area (Å²) in [6.07, 6.45) is 3.20. The lowest BCUT2D eigenvalue weighted by molar-refractivity contribution is -0.130. The number of methoxy groups -OCH3 is 1. The Kier molecular flexibility index (Phi) is 8.01. The van der Waals surface area contributed by atoms with Gasteiger partial charge in [-0.1, -0.05) is 37.6 Å². The van der Waals surface area contributed by atoms with Crippen molar-refractivity contribution in [3.63, 3.8) is 0 Å². The van der Waals surface area contributed by atoms with Gasteiger partial charge in [-0.25, -0.2) is 0 Å². The van der Waals surface area contributed by atoms with Crippen LogP contribution < -0.4 is 0 Å². The molecule has 0 radical (unpaired) electrons. The van der Waals surface area contributed by atoms with Crippen LogP contribution in [0.1, 0.15) is 30.9 Å². The van der Waals surface area contributed by atoms with Crippen LogP contribution in [0.15, 0.2) is 24.3 Å². The van der Waals surface area contributed by atoms with Crippen molar-refractivity contribution in [3.8, 4) is 0 Å². The lowest BCUT2D eigenvalue weighted by Gasteiger charge is -2.20. The molecule has 0 heterocycles. The lowest BCUT2D eigenvalue weighted by atomic mass is 10.0. The molecule has 1 unspecified atom stereocenters. The molecule has 0 saturated carbocycles. The standard InChI is InChI=1S/C17H27NO3/c1-4-5-6-14-7-9-15(10-8-14)11-17(20)18(2)12-16(19)13-21-3/h7-10,16,19H,4-6,11-13H2,1-3H3. The topological polar surface area (TPSA) is 49.8 Å². The molecule has 1 amide bonds. The van der Waals surface area contributed by atoms with E-state index in [2.05, 4.69) is 19.1 Å². The zero-order valence-corrected chi connectivity index (χ0v) is 13.3. The fraction of sp³-hybridized carbons (Fsp3) is 0.588. The van der Waals surface area contributed by atoms with E-state index in [1.807, 2.05) is 12.1 Å². The summed E-state index contributed by atoms with van der Waals surface area (Å²) in [7, 11) is 3.24. The highest BCUT2D eigenvalue weighted by molar-refractivity contribution is 5.78. The molecule has 118 valence electrons. The molecular weight excluding hydrogens is 266 g/mol. The predicted octanol–water partition coefficient (Wildman–Crippen LogP) is 2.04. The van der Waals surface area contributed by atoms with Gasteiger partial charge in [0.05, 0.1) is 19.1 Å². The summed E-state index contributed by atoms with van der Waals surface area (Å²) >= 11 is 0. The van der Waals surface area contributed by atoms with E-state index in [4.69, 9.17) is 4.74 Å². The van der Waals surface area contributed by atoms with Crippen molar-refractivity contribution < 1.29 is 14.6 Å². The van der Waals surface area contributed by atoms with E-state index >= 15 is 0 Å². The van der Waals surface area contributed by atoms with Gasteiger partial charge in [0.15, 0.2) is 0 Å². The molecule has 1 atom stereocenters. The molecule has 1 N–H and O–H groups in total. The number of carbonyl (C=O) groups is 1. The zero-order valence-electron chi connectivity index (χ0n) is 13.3. The number of aryl methyl sites for hydroxylation is 1. The SMILES string of the molecule is CCCCc1ccc(CC(=O)N(C)CC(O)COC)cc1. The minimum absolute atomic E-state index is 0.00598. The third-order valence-corrected chi connectivity index (χ3v) is 3.47. The molecule has 0 bridgehead atoms. The molecule has 4 nitrogen and oxygen atoms in total. The van der Waals surface area contributed by atoms with Crippen LogP contribution in [0.25, 0.3) is 0 Å². The Labute approximate surface area is 127 Å². The van der Waals surface area contributed by atoms with E-state index in [9.17, 15) is 9.90 Å². The van der Waals surface area contributed by atoms with Crippen molar-refractivity contribution in [1.82, 2.24) is 4.90 Å². The van der Waals surface area contributed by atoms with E-state index in [1.165, 1.54) is 25.5 Å². The number of aliphatic hydroxyl groups is 1. The number of hydrogen-bond donors (Lipinski definition) is 1. The van der Waals surface area contributed by atoms with Gasteiger partial charge in [0.25, 0.3) is 0 Å². The maximum Gasteiger partial charge on any atom is 0.226 e. The summed E-state index contributed by atoms with van der Waals surface area (Å²) in [5.74, 6) is 0.00598. The van der Waals surface area contributed by atoms with Gasteiger partial charge in [-0.2, -0.15) is 0 Å². The van der Waals surface area contributed by atoms with Crippen LogP contribution in [-0.4, -0.2) is 49.3 Å². The number of amides is 1. The van der Waals surface area contributed by atoms with Crippen LogP contribution in [0.5, 0.6) is 0 Å². The van der Waals surface area contributed by atoms with E-state index in [0.717, 1.165) is 12.0 Å². The predicted molar refractivity (Wildman–Crippen MR) is 84.3 cm³/mol. The Hall–Kier alpha value is -1.39. The molecular formula is C17H27NO3. The number of unbranched alkanes of at least 4 members (excludes halogenated alkanes) is 1. The highest BCUT2D eigenvalue weighted by atomic mass is 16.5. The van der Waals surface area contributed by atoms with Gasteiger partial charge >= 0.3 is 0 Å². The van der Waals surface area contributed by atoms with Crippen molar-refractivity contribution in [2.45, 2.75) is 38.7 Å². The highest BCUT2D eigenvalue weighted by Crippen LogP contribution is 2.09. The van der Waals surface area contributed by atoms with Crippen LogP contribution in [0.4, 0.5) is 0 Å². The number of benzene rings is 1. The summed E-state index contributed by atoms with van der Waals surface area (Å²) in [5.41, 5.74) is 2.32. The van der Waals surface area contributed by atoms with Crippen molar-refractivity contribution in [2.24, 2.45) is 0 Å². The van der Waals surface area contributed by atoms with E-state index in [-0.39, 0.29) is 12.5 Å². The van der Waals surface area contributed by atoms with Crippen LogP contribution in [0, 0.1) is 0 Å². The first-order chi connectivity index (χ1) is 10.1. The number of rotatable bonds is 9. The van der Waals surface area contributed by atoms with E-state index in [0.29, 0.717) is 13.0 Å². The quantitative estimate of drug-likeness (QED) is 0.758. The lowest BCUT2D eigenvalue weighted by Crippen LogP contribution is -2.37. The molecule has 1 aromatic rings. The maximum atomic E-state index is 12.1. The Morgan fingerprint density at radius 1 is 1.29 bits per heavy atom. The molecule has 0 aromatic heterocycles. The summed E-state index contributed by atoms with van der Waals surface area (Å²) in [6, 6.07) is 8.22. The van der Waals surface area contributed by atoms with E-state index < -0.39 is 6.10 Å². The minimum Gasteiger partial charge on any atom is -0.389 e. The molecule has 0 fully saturated rings. The molecule has 0 spiro atoms. The average Bonchev–Trinajstić information content (AvgIpc) is 2.46. The molecule has 0 aliphatic heterocycles. The molecule has 1 aromatic carbocycles. The fourth-order valence-electron chi connectivity index (χ4n) is 2.18. The van der Waals surface area contributed by atoms with Crippen LogP contribution >= 0.6 is 0 Å². The maximum absolute atomic E-state index is 12.1. The molecule has 0 aliphatic rings. The summed E-state index contributed by atoms with van der Waals surface area (Å²) in [6.45, 7) is 2.71. The van der Waals surface area contributed by atoms with Gasteiger partial charge in [0, 0.05) is 20.7 Å². The molecule has 4 heteroatoms. The monoisotopic (exact) mass is 293 g/mol. The van der Waals surface area contributed by atoms with Gasteiger partial charge in [-0.3, -0.25) is 4.79 Å². The smallest absolute Gasteiger partial charge is 0.226 e. The van der Waals surface area contributed by atoms with Gasteiger partial charge in [0.2, 0.25) is 5.91 Å². The average molecular weight is 293 g/mol. The van der Waals surface area contributed by atoms with Crippen LogP contribution in [-0.2, 0) is 22.4 Å². The second kappa shape index (κ2) is 9.53. The van der Waals surface area contributed by atoms with Crippen molar-refractivity contribution in [1.29, 1.82) is 0 Å². The number of carbonyl (C=O) groups excluding carboxylic acids is 1. The number of hydrogen-bond acceptors (Lipinski definition) is 3. The van der Waals surface area contributed by atoms with Crippen molar-refractivity contribution >= 4 is 5.91 Å². The van der Waals surface area contributed by atoms with Gasteiger partial charge in [0.1, 0.15) is 0 Å². The summed E-state index contributed by atoms with van der Waals surface area (Å²) in [5, 5.41) is 9.63. The Morgan fingerprint density at radius 2 is 1.90 bits per heavy atom. The Balaban J connectivity index is 2.46. The summed E-state index contributed by atoms with van der Waals surface area (Å²) < 4.78 is 4.86. The Morgan fingerprint density at radius 3 is 2.48 bits per heavy atom. The molecule has 0 saturated heterocycles. The van der Waals surface area contributed by atoms with Crippen molar-refractivity contribution in [3.05, 3.63) is 35.4 Å². The van der Waals surface area contributed by atoms with E-state index in [1.54, 1.807) is 11.9 Å². The van der Waals surface area contributed by atoms with Gasteiger partial charge < -0.3 is 14.7 Å². The first-order valence-corrected chi connectivity index (χ1v) is 7.55. The molecule has 21 heavy (non-hydrogen) atoms. The first kappa shape index (κ1) is 17.7. The Bertz CT molecular complexity index is 417. The third kappa shape index (κ3) is 6.74. The number of aliphatic hydroxyl groups excluding tert-OH is 1. The third-order valence-electron chi connectivity index (χ3n) is 3.47. The van der Waals surface area contributed by atoms with Crippen LogP contribution in [0.2, 0.25) is 0 Å². The number of nitrogens with zero attached hydrogens (tertiary/aromatic N) is 1. The highest BCUT2D eigenvalue weighted by Gasteiger charge is 2.14. The van der Waals surface area contributed by atoms with Crippen LogP contribution in [0.3, 0.4) is 0 Å². The first-order valence-electron chi connectivity index (χ1n) is 7.55. The molecule has 0 aliphatic carbocycles. The zero-order chi connectivity index (χ0) is 15.7. The molecule has 1 rings (SSSR count). The fourth-order valence-corrected chi connectivity index (χ4v) is 2.18.